The van der Waals surface area contributed by atoms with E-state index in [1.54, 1.807) is 0 Å². The SMILES string of the molecule is CCCOc1c2cccc1Cc1cccc(c1OCCC)Cc1c(-c3ccccc3)ccc(c1OCCC)Cc1cccc(c1OCCC)C2. The molecule has 0 aliphatic heterocycles. The van der Waals surface area contributed by atoms with Gasteiger partial charge in [0.2, 0.25) is 0 Å². The minimum absolute atomic E-state index is 0.645. The summed E-state index contributed by atoms with van der Waals surface area (Å²) in [5.41, 5.74) is 11.8. The van der Waals surface area contributed by atoms with Crippen molar-refractivity contribution < 1.29 is 18.9 Å². The third-order valence-corrected chi connectivity index (χ3v) is 9.27. The van der Waals surface area contributed by atoms with E-state index in [9.17, 15) is 0 Å². The zero-order valence-corrected chi connectivity index (χ0v) is 30.4. The average molecular weight is 669 g/mol. The highest BCUT2D eigenvalue weighted by Crippen LogP contribution is 2.42. The second-order valence-electron chi connectivity index (χ2n) is 13.3. The van der Waals surface area contributed by atoms with Crippen molar-refractivity contribution in [3.63, 3.8) is 0 Å². The number of para-hydroxylation sites is 3. The maximum atomic E-state index is 6.80. The predicted molar refractivity (Wildman–Crippen MR) is 206 cm³/mol. The van der Waals surface area contributed by atoms with Crippen molar-refractivity contribution in [2.45, 2.75) is 79.1 Å². The Morgan fingerprint density at radius 1 is 0.360 bits per heavy atom. The van der Waals surface area contributed by atoms with E-state index >= 15 is 0 Å². The van der Waals surface area contributed by atoms with Gasteiger partial charge in [0.25, 0.3) is 0 Å². The fourth-order valence-electron chi connectivity index (χ4n) is 6.99. The van der Waals surface area contributed by atoms with Gasteiger partial charge in [0.15, 0.2) is 0 Å². The molecule has 0 heterocycles. The Balaban J connectivity index is 1.63. The molecular formula is C46H52O4. The molecule has 1 aliphatic rings. The lowest BCUT2D eigenvalue weighted by Crippen LogP contribution is -2.10. The Morgan fingerprint density at radius 3 is 1.12 bits per heavy atom. The highest BCUT2D eigenvalue weighted by atomic mass is 16.5. The smallest absolute Gasteiger partial charge is 0.126 e. The third kappa shape index (κ3) is 8.02. The first-order valence-electron chi connectivity index (χ1n) is 18.7. The second-order valence-corrected chi connectivity index (χ2v) is 13.3. The van der Waals surface area contributed by atoms with Crippen LogP contribution >= 0.6 is 0 Å². The van der Waals surface area contributed by atoms with E-state index in [2.05, 4.69) is 125 Å². The van der Waals surface area contributed by atoms with Gasteiger partial charge in [-0.3, -0.25) is 0 Å². The molecule has 0 unspecified atom stereocenters. The van der Waals surface area contributed by atoms with Gasteiger partial charge in [-0.15, -0.1) is 0 Å². The van der Waals surface area contributed by atoms with E-state index in [4.69, 9.17) is 18.9 Å². The highest BCUT2D eigenvalue weighted by molar-refractivity contribution is 5.73. The molecule has 0 amide bonds. The largest absolute Gasteiger partial charge is 0.493 e. The molecular weight excluding hydrogens is 617 g/mol. The molecule has 1 aliphatic carbocycles. The average Bonchev–Trinajstić information content (AvgIpc) is 3.14. The Morgan fingerprint density at radius 2 is 0.720 bits per heavy atom. The molecule has 0 atom stereocenters. The van der Waals surface area contributed by atoms with Gasteiger partial charge >= 0.3 is 0 Å². The van der Waals surface area contributed by atoms with Crippen LogP contribution in [0.4, 0.5) is 0 Å². The maximum absolute atomic E-state index is 6.80. The minimum atomic E-state index is 0.645. The number of fused-ring (bicyclic) bond motifs is 8. The van der Waals surface area contributed by atoms with Crippen LogP contribution < -0.4 is 18.9 Å². The van der Waals surface area contributed by atoms with E-state index in [-0.39, 0.29) is 0 Å². The lowest BCUT2D eigenvalue weighted by molar-refractivity contribution is 0.305. The van der Waals surface area contributed by atoms with E-state index in [0.717, 1.165) is 55.1 Å². The minimum Gasteiger partial charge on any atom is -0.493 e. The first kappa shape index (κ1) is 35.1. The van der Waals surface area contributed by atoms with Gasteiger partial charge in [-0.25, -0.2) is 0 Å². The van der Waals surface area contributed by atoms with E-state index < -0.39 is 0 Å². The van der Waals surface area contributed by atoms with Crippen LogP contribution in [0.15, 0.2) is 97.1 Å². The summed E-state index contributed by atoms with van der Waals surface area (Å²) in [5.74, 6) is 3.90. The van der Waals surface area contributed by atoms with Crippen molar-refractivity contribution >= 4 is 0 Å². The molecule has 0 spiro atoms. The lowest BCUT2D eigenvalue weighted by atomic mass is 9.88. The molecule has 50 heavy (non-hydrogen) atoms. The van der Waals surface area contributed by atoms with Gasteiger partial charge < -0.3 is 18.9 Å². The molecule has 0 N–H and O–H groups in total. The summed E-state index contributed by atoms with van der Waals surface area (Å²) in [4.78, 5) is 0. The van der Waals surface area contributed by atoms with Crippen LogP contribution in [0.25, 0.3) is 11.1 Å². The molecule has 0 fully saturated rings. The third-order valence-electron chi connectivity index (χ3n) is 9.27. The monoisotopic (exact) mass is 668 g/mol. The molecule has 0 aromatic heterocycles. The number of ether oxygens (including phenoxy) is 4. The highest BCUT2D eigenvalue weighted by Gasteiger charge is 2.23. The molecule has 4 heteroatoms. The van der Waals surface area contributed by atoms with Crippen molar-refractivity contribution in [1.82, 2.24) is 0 Å². The Bertz CT molecular complexity index is 1860. The van der Waals surface area contributed by atoms with Gasteiger partial charge in [0.1, 0.15) is 23.0 Å². The van der Waals surface area contributed by atoms with Crippen LogP contribution in [0, 0.1) is 0 Å². The maximum Gasteiger partial charge on any atom is 0.126 e. The van der Waals surface area contributed by atoms with Crippen LogP contribution in [-0.2, 0) is 25.7 Å². The van der Waals surface area contributed by atoms with Crippen molar-refractivity contribution in [2.75, 3.05) is 26.4 Å². The molecule has 0 radical (unpaired) electrons. The van der Waals surface area contributed by atoms with E-state index in [1.165, 1.54) is 55.6 Å². The van der Waals surface area contributed by atoms with Crippen LogP contribution in [0.3, 0.4) is 0 Å². The quantitative estimate of drug-likeness (QED) is 0.123. The standard InChI is InChI=1S/C46H52O4/c1-5-25-47-43-34-17-12-18-36(43)30-37-21-14-22-39(45(37)49-27-7-3)32-42-41(33-15-10-9-11-16-33)24-23-40(46(42)50-28-8-4)31-38-20-13-19-35(29-34)44(38)48-26-6-2/h9-24H,5-8,25-32H2,1-4H3. The van der Waals surface area contributed by atoms with Crippen LogP contribution in [0.5, 0.6) is 23.0 Å². The zero-order valence-electron chi connectivity index (χ0n) is 30.4. The molecule has 0 saturated heterocycles. The number of hydrogen-bond acceptors (Lipinski definition) is 4. The molecule has 6 rings (SSSR count). The number of hydrogen-bond donors (Lipinski definition) is 0. The summed E-state index contributed by atoms with van der Waals surface area (Å²) in [6.45, 7) is 11.3. The molecule has 0 saturated carbocycles. The Kier molecular flexibility index (Phi) is 12.2. The van der Waals surface area contributed by atoms with Gasteiger partial charge in [0.05, 0.1) is 26.4 Å². The molecule has 8 bridgehead atoms. The lowest BCUT2D eigenvalue weighted by Gasteiger charge is -2.24. The summed E-state index contributed by atoms with van der Waals surface area (Å²) < 4.78 is 26.7. The van der Waals surface area contributed by atoms with Crippen LogP contribution in [-0.4, -0.2) is 26.4 Å². The predicted octanol–water partition coefficient (Wildman–Crippen LogP) is 11.2. The second kappa shape index (κ2) is 17.3. The fourth-order valence-corrected chi connectivity index (χ4v) is 6.99. The van der Waals surface area contributed by atoms with E-state index in [0.29, 0.717) is 45.7 Å². The van der Waals surface area contributed by atoms with Crippen molar-refractivity contribution in [2.24, 2.45) is 0 Å². The van der Waals surface area contributed by atoms with Crippen molar-refractivity contribution in [1.29, 1.82) is 0 Å². The van der Waals surface area contributed by atoms with Crippen LogP contribution in [0.1, 0.15) is 97.9 Å². The molecule has 4 nitrogen and oxygen atoms in total. The van der Waals surface area contributed by atoms with Gasteiger partial charge in [-0.1, -0.05) is 125 Å². The number of benzene rings is 5. The topological polar surface area (TPSA) is 36.9 Å². The summed E-state index contributed by atoms with van der Waals surface area (Å²) in [6, 6.07) is 35.1. The zero-order chi connectivity index (χ0) is 34.7. The van der Waals surface area contributed by atoms with Gasteiger partial charge in [-0.2, -0.15) is 0 Å². The van der Waals surface area contributed by atoms with Crippen molar-refractivity contribution in [3.05, 3.63) is 142 Å². The molecule has 5 aromatic carbocycles. The summed E-state index contributed by atoms with van der Waals surface area (Å²) in [6.07, 6.45) is 6.56. The van der Waals surface area contributed by atoms with E-state index in [1.807, 2.05) is 0 Å². The summed E-state index contributed by atoms with van der Waals surface area (Å²) >= 11 is 0. The molecule has 260 valence electrons. The number of rotatable bonds is 13. The summed E-state index contributed by atoms with van der Waals surface area (Å²) in [7, 11) is 0. The fraction of sp³-hybridized carbons (Fsp3) is 0.348. The van der Waals surface area contributed by atoms with Gasteiger partial charge in [-0.05, 0) is 75.8 Å². The Labute approximate surface area is 299 Å². The first-order valence-corrected chi connectivity index (χ1v) is 18.7. The summed E-state index contributed by atoms with van der Waals surface area (Å²) in [5, 5.41) is 0. The normalized spacial score (nSPS) is 12.3. The Hall–Kier alpha value is -4.70. The van der Waals surface area contributed by atoms with Gasteiger partial charge in [0, 0.05) is 31.2 Å². The first-order chi connectivity index (χ1) is 24.6. The molecule has 5 aromatic rings. The van der Waals surface area contributed by atoms with Crippen LogP contribution in [0.2, 0.25) is 0 Å². The van der Waals surface area contributed by atoms with Crippen molar-refractivity contribution in [3.8, 4) is 34.1 Å².